The van der Waals surface area contributed by atoms with Crippen LogP contribution in [0.1, 0.15) is 23.2 Å². The van der Waals surface area contributed by atoms with Crippen molar-refractivity contribution in [3.05, 3.63) is 33.6 Å². The maximum atomic E-state index is 13.4. The minimum atomic E-state index is -0.870. The van der Waals surface area contributed by atoms with Gasteiger partial charge in [-0.25, -0.2) is 4.39 Å². The number of rotatable bonds is 4. The summed E-state index contributed by atoms with van der Waals surface area (Å²) in [5, 5.41) is 19.7. The van der Waals surface area contributed by atoms with Crippen LogP contribution < -0.4 is 5.73 Å². The fourth-order valence-electron chi connectivity index (χ4n) is 2.54. The van der Waals surface area contributed by atoms with Gasteiger partial charge in [-0.15, -0.1) is 0 Å². The summed E-state index contributed by atoms with van der Waals surface area (Å²) in [7, 11) is 0. The first-order valence-electron chi connectivity index (χ1n) is 6.57. The number of nitrogens with two attached hydrogens (primary N) is 1. The highest BCUT2D eigenvalue weighted by atomic mass is 19.1. The van der Waals surface area contributed by atoms with Gasteiger partial charge in [0.1, 0.15) is 11.5 Å². The summed E-state index contributed by atoms with van der Waals surface area (Å²) in [6, 6.07) is 1.62. The van der Waals surface area contributed by atoms with E-state index in [4.69, 9.17) is 10.8 Å². The fourth-order valence-corrected chi connectivity index (χ4v) is 2.54. The van der Waals surface area contributed by atoms with Gasteiger partial charge < -0.3 is 15.7 Å². The number of carbonyl (C=O) groups excluding carboxylic acids is 1. The van der Waals surface area contributed by atoms with Crippen LogP contribution in [0.5, 0.6) is 0 Å². The molecule has 1 aliphatic rings. The number of aliphatic hydroxyl groups excluding tert-OH is 1. The number of anilines is 1. The molecule has 1 atom stereocenters. The third-order valence-corrected chi connectivity index (χ3v) is 3.66. The van der Waals surface area contributed by atoms with Crippen molar-refractivity contribution in [1.82, 2.24) is 4.90 Å². The van der Waals surface area contributed by atoms with Gasteiger partial charge in [-0.1, -0.05) is 0 Å². The van der Waals surface area contributed by atoms with Gasteiger partial charge in [0.25, 0.3) is 11.6 Å². The van der Waals surface area contributed by atoms with Crippen LogP contribution in [0.3, 0.4) is 0 Å². The molecule has 0 radical (unpaired) electrons. The molecule has 0 bridgehead atoms. The number of nitro groups is 1. The Kier molecular flexibility index (Phi) is 4.37. The number of aliphatic hydroxyl groups is 1. The van der Waals surface area contributed by atoms with E-state index in [2.05, 4.69) is 0 Å². The SMILES string of the molecule is Nc1c(C(=O)N2CCC(CCO)C2)cc(F)cc1[N+](=O)[O-]. The van der Waals surface area contributed by atoms with Gasteiger partial charge in [-0.05, 0) is 24.8 Å². The molecule has 1 saturated heterocycles. The molecule has 0 saturated carbocycles. The summed E-state index contributed by atoms with van der Waals surface area (Å²) in [6.45, 7) is 0.941. The number of benzene rings is 1. The molecule has 3 N–H and O–H groups in total. The van der Waals surface area contributed by atoms with E-state index >= 15 is 0 Å². The van der Waals surface area contributed by atoms with E-state index < -0.39 is 22.3 Å². The van der Waals surface area contributed by atoms with Crippen LogP contribution in [-0.2, 0) is 0 Å². The number of likely N-dealkylation sites (tertiary alicyclic amines) is 1. The number of carbonyl (C=O) groups is 1. The molecule has 1 heterocycles. The van der Waals surface area contributed by atoms with Crippen molar-refractivity contribution in [3.63, 3.8) is 0 Å². The number of nitro benzene ring substituents is 1. The molecule has 1 aliphatic heterocycles. The summed E-state index contributed by atoms with van der Waals surface area (Å²) in [5.74, 6) is -1.20. The minimum Gasteiger partial charge on any atom is -0.396 e. The van der Waals surface area contributed by atoms with E-state index in [1.54, 1.807) is 0 Å². The molecule has 1 aromatic rings. The number of nitrogens with zero attached hydrogens (tertiary/aromatic N) is 2. The molecular formula is C13H16FN3O4. The van der Waals surface area contributed by atoms with Crippen molar-refractivity contribution in [2.45, 2.75) is 12.8 Å². The number of hydrogen-bond donors (Lipinski definition) is 2. The van der Waals surface area contributed by atoms with Gasteiger partial charge in [0.15, 0.2) is 0 Å². The first-order valence-corrected chi connectivity index (χ1v) is 6.57. The van der Waals surface area contributed by atoms with E-state index in [0.29, 0.717) is 25.6 Å². The average Bonchev–Trinajstić information content (AvgIpc) is 2.89. The molecule has 2 rings (SSSR count). The Morgan fingerprint density at radius 2 is 2.29 bits per heavy atom. The zero-order valence-electron chi connectivity index (χ0n) is 11.3. The molecule has 114 valence electrons. The fraction of sp³-hybridized carbons (Fsp3) is 0.462. The zero-order valence-corrected chi connectivity index (χ0v) is 11.3. The molecule has 8 heteroatoms. The maximum absolute atomic E-state index is 13.4. The summed E-state index contributed by atoms with van der Waals surface area (Å²) in [4.78, 5) is 23.8. The normalized spacial score (nSPS) is 18.0. The Balaban J connectivity index is 2.26. The average molecular weight is 297 g/mol. The van der Waals surface area contributed by atoms with Gasteiger partial charge in [0.05, 0.1) is 16.6 Å². The van der Waals surface area contributed by atoms with Gasteiger partial charge >= 0.3 is 0 Å². The van der Waals surface area contributed by atoms with Crippen LogP contribution in [0.15, 0.2) is 12.1 Å². The highest BCUT2D eigenvalue weighted by Gasteiger charge is 2.30. The molecule has 1 fully saturated rings. The van der Waals surface area contributed by atoms with Crippen LogP contribution in [-0.4, -0.2) is 40.5 Å². The third kappa shape index (κ3) is 3.10. The molecule has 21 heavy (non-hydrogen) atoms. The lowest BCUT2D eigenvalue weighted by molar-refractivity contribution is -0.384. The van der Waals surface area contributed by atoms with Crippen LogP contribution in [0.4, 0.5) is 15.8 Å². The molecule has 0 spiro atoms. The quantitative estimate of drug-likeness (QED) is 0.492. The molecular weight excluding hydrogens is 281 g/mol. The molecule has 0 aromatic heterocycles. The standard InChI is InChI=1S/C13H16FN3O4/c14-9-5-10(12(15)11(6-9)17(20)21)13(19)16-3-1-8(7-16)2-4-18/h5-6,8,18H,1-4,7,15H2. The monoisotopic (exact) mass is 297 g/mol. The zero-order chi connectivity index (χ0) is 15.6. The van der Waals surface area contributed by atoms with Crippen LogP contribution >= 0.6 is 0 Å². The maximum Gasteiger partial charge on any atom is 0.295 e. The van der Waals surface area contributed by atoms with Gasteiger partial charge in [0.2, 0.25) is 0 Å². The Bertz CT molecular complexity index is 579. The topological polar surface area (TPSA) is 110 Å². The van der Waals surface area contributed by atoms with Crippen molar-refractivity contribution in [1.29, 1.82) is 0 Å². The Labute approximate surface area is 120 Å². The van der Waals surface area contributed by atoms with E-state index in [9.17, 15) is 19.3 Å². The minimum absolute atomic E-state index is 0.0419. The van der Waals surface area contributed by atoms with Crippen molar-refractivity contribution in [2.24, 2.45) is 5.92 Å². The van der Waals surface area contributed by atoms with Gasteiger partial charge in [-0.2, -0.15) is 0 Å². The second-order valence-electron chi connectivity index (χ2n) is 5.06. The molecule has 1 amide bonds. The number of halogens is 1. The molecule has 0 aliphatic carbocycles. The van der Waals surface area contributed by atoms with Gasteiger partial charge in [-0.3, -0.25) is 14.9 Å². The number of hydrogen-bond acceptors (Lipinski definition) is 5. The molecule has 7 nitrogen and oxygen atoms in total. The molecule has 1 unspecified atom stereocenters. The van der Waals surface area contributed by atoms with Crippen molar-refractivity contribution in [3.8, 4) is 0 Å². The lowest BCUT2D eigenvalue weighted by atomic mass is 10.1. The predicted octanol–water partition coefficient (Wildman–Crippen LogP) is 1.16. The molecule has 1 aromatic carbocycles. The second-order valence-corrected chi connectivity index (χ2v) is 5.06. The summed E-state index contributed by atoms with van der Waals surface area (Å²) in [6.07, 6.45) is 1.33. The van der Waals surface area contributed by atoms with E-state index in [1.807, 2.05) is 0 Å². The van der Waals surface area contributed by atoms with Crippen LogP contribution in [0, 0.1) is 21.8 Å². The highest BCUT2D eigenvalue weighted by Crippen LogP contribution is 2.29. The Morgan fingerprint density at radius 3 is 2.90 bits per heavy atom. The largest absolute Gasteiger partial charge is 0.396 e. The van der Waals surface area contributed by atoms with Crippen molar-refractivity contribution < 1.29 is 19.2 Å². The Hall–Kier alpha value is -2.22. The van der Waals surface area contributed by atoms with E-state index in [-0.39, 0.29) is 23.8 Å². The summed E-state index contributed by atoms with van der Waals surface area (Å²) in [5.41, 5.74) is 4.50. The summed E-state index contributed by atoms with van der Waals surface area (Å²) >= 11 is 0. The summed E-state index contributed by atoms with van der Waals surface area (Å²) < 4.78 is 13.4. The van der Waals surface area contributed by atoms with Crippen LogP contribution in [0.2, 0.25) is 0 Å². The Morgan fingerprint density at radius 1 is 1.57 bits per heavy atom. The smallest absolute Gasteiger partial charge is 0.295 e. The van der Waals surface area contributed by atoms with Crippen molar-refractivity contribution in [2.75, 3.05) is 25.4 Å². The van der Waals surface area contributed by atoms with E-state index in [1.165, 1.54) is 4.90 Å². The number of amides is 1. The van der Waals surface area contributed by atoms with Crippen molar-refractivity contribution >= 4 is 17.3 Å². The lowest BCUT2D eigenvalue weighted by Crippen LogP contribution is -2.29. The van der Waals surface area contributed by atoms with Crippen LogP contribution in [0.25, 0.3) is 0 Å². The highest BCUT2D eigenvalue weighted by molar-refractivity contribution is 6.01. The first kappa shape index (κ1) is 15.2. The number of nitrogen functional groups attached to an aromatic ring is 1. The van der Waals surface area contributed by atoms with Gasteiger partial charge in [0, 0.05) is 19.7 Å². The predicted molar refractivity (Wildman–Crippen MR) is 73.2 cm³/mol. The second kappa shape index (κ2) is 6.04. The first-order chi connectivity index (χ1) is 9.93. The lowest BCUT2D eigenvalue weighted by Gasteiger charge is -2.17. The van der Waals surface area contributed by atoms with E-state index in [0.717, 1.165) is 12.5 Å². The third-order valence-electron chi connectivity index (χ3n) is 3.66.